The second-order valence-electron chi connectivity index (χ2n) is 4.60. The van der Waals surface area contributed by atoms with Crippen molar-refractivity contribution < 1.29 is 14.3 Å². The molecule has 1 aromatic rings. The molecule has 6 nitrogen and oxygen atoms in total. The number of nitrogen functional groups attached to an aromatic ring is 1. The molecule has 1 unspecified atom stereocenters. The standard InChI is InChI=1S/C14H21N3O3/c1-3-16-14(18)13-9-20-7-6-17(13)12-8-10(19-2)4-5-11(12)15/h4-5,8,13H,3,6-7,9,15H2,1-2H3,(H,16,18). The molecule has 1 atom stereocenters. The minimum atomic E-state index is -0.363. The molecule has 1 fully saturated rings. The average molecular weight is 279 g/mol. The van der Waals surface area contributed by atoms with Gasteiger partial charge in [-0.25, -0.2) is 0 Å². The van der Waals surface area contributed by atoms with Crippen molar-refractivity contribution in [2.45, 2.75) is 13.0 Å². The van der Waals surface area contributed by atoms with Gasteiger partial charge in [0, 0.05) is 19.2 Å². The Bertz CT molecular complexity index is 479. The minimum absolute atomic E-state index is 0.0468. The Morgan fingerprint density at radius 3 is 3.10 bits per heavy atom. The van der Waals surface area contributed by atoms with Crippen LogP contribution in [0, 0.1) is 0 Å². The van der Waals surface area contributed by atoms with Crippen LogP contribution in [-0.2, 0) is 9.53 Å². The summed E-state index contributed by atoms with van der Waals surface area (Å²) in [5.74, 6) is 0.671. The van der Waals surface area contributed by atoms with Crippen LogP contribution < -0.4 is 20.7 Å². The van der Waals surface area contributed by atoms with Gasteiger partial charge in [0.15, 0.2) is 0 Å². The predicted molar refractivity (Wildman–Crippen MR) is 78.0 cm³/mol. The highest BCUT2D eigenvalue weighted by atomic mass is 16.5. The number of carbonyl (C=O) groups excluding carboxylic acids is 1. The summed E-state index contributed by atoms with van der Waals surface area (Å²) in [6.45, 7) is 4.05. The lowest BCUT2D eigenvalue weighted by atomic mass is 10.1. The fourth-order valence-electron chi connectivity index (χ4n) is 2.30. The van der Waals surface area contributed by atoms with E-state index in [1.165, 1.54) is 0 Å². The summed E-state index contributed by atoms with van der Waals surface area (Å²) in [7, 11) is 1.61. The second-order valence-corrected chi connectivity index (χ2v) is 4.60. The fraction of sp³-hybridized carbons (Fsp3) is 0.500. The number of carbonyl (C=O) groups is 1. The number of benzene rings is 1. The smallest absolute Gasteiger partial charge is 0.245 e. The molecule has 1 saturated heterocycles. The van der Waals surface area contributed by atoms with Gasteiger partial charge in [-0.05, 0) is 19.1 Å². The number of methoxy groups -OCH3 is 1. The molecule has 0 aromatic heterocycles. The van der Waals surface area contributed by atoms with Gasteiger partial charge in [0.1, 0.15) is 11.8 Å². The van der Waals surface area contributed by atoms with Crippen LogP contribution in [0.15, 0.2) is 18.2 Å². The number of morpholine rings is 1. The van der Waals surface area contributed by atoms with Gasteiger partial charge in [0.25, 0.3) is 0 Å². The predicted octanol–water partition coefficient (Wildman–Crippen LogP) is 0.619. The molecular formula is C14H21N3O3. The number of likely N-dealkylation sites (N-methyl/N-ethyl adjacent to an activating group) is 1. The molecule has 20 heavy (non-hydrogen) atoms. The Morgan fingerprint density at radius 2 is 2.40 bits per heavy atom. The lowest BCUT2D eigenvalue weighted by molar-refractivity contribution is -0.124. The van der Waals surface area contributed by atoms with E-state index in [0.717, 1.165) is 11.4 Å². The van der Waals surface area contributed by atoms with Gasteiger partial charge < -0.3 is 25.4 Å². The van der Waals surface area contributed by atoms with E-state index >= 15 is 0 Å². The van der Waals surface area contributed by atoms with Gasteiger partial charge in [-0.1, -0.05) is 0 Å². The molecule has 110 valence electrons. The van der Waals surface area contributed by atoms with E-state index in [2.05, 4.69) is 5.32 Å². The Balaban J connectivity index is 2.29. The molecule has 1 aliphatic rings. The molecule has 3 N–H and O–H groups in total. The number of nitrogens with two attached hydrogens (primary N) is 1. The molecule has 0 aliphatic carbocycles. The molecule has 1 aromatic carbocycles. The van der Waals surface area contributed by atoms with Gasteiger partial charge in [-0.15, -0.1) is 0 Å². The first-order chi connectivity index (χ1) is 9.67. The molecule has 1 amide bonds. The monoisotopic (exact) mass is 279 g/mol. The summed E-state index contributed by atoms with van der Waals surface area (Å²) in [5.41, 5.74) is 7.48. The zero-order valence-corrected chi connectivity index (χ0v) is 11.9. The third-order valence-electron chi connectivity index (χ3n) is 3.33. The number of rotatable bonds is 4. The van der Waals surface area contributed by atoms with Gasteiger partial charge in [-0.3, -0.25) is 4.79 Å². The minimum Gasteiger partial charge on any atom is -0.497 e. The summed E-state index contributed by atoms with van der Waals surface area (Å²) in [5, 5.41) is 2.83. The van der Waals surface area contributed by atoms with Crippen molar-refractivity contribution in [3.63, 3.8) is 0 Å². The first-order valence-electron chi connectivity index (χ1n) is 6.73. The number of nitrogens with one attached hydrogen (secondary N) is 1. The molecule has 1 heterocycles. The summed E-state index contributed by atoms with van der Waals surface area (Å²) >= 11 is 0. The molecule has 0 radical (unpaired) electrons. The molecule has 2 rings (SSSR count). The normalized spacial score (nSPS) is 18.7. The van der Waals surface area contributed by atoms with E-state index in [9.17, 15) is 4.79 Å². The number of nitrogens with zero attached hydrogens (tertiary/aromatic N) is 1. The van der Waals surface area contributed by atoms with Crippen molar-refractivity contribution in [1.29, 1.82) is 0 Å². The first-order valence-corrected chi connectivity index (χ1v) is 6.73. The van der Waals surface area contributed by atoms with Crippen LogP contribution in [0.25, 0.3) is 0 Å². The highest BCUT2D eigenvalue weighted by molar-refractivity contribution is 5.87. The van der Waals surface area contributed by atoms with Gasteiger partial charge in [-0.2, -0.15) is 0 Å². The molecule has 0 saturated carbocycles. The van der Waals surface area contributed by atoms with Gasteiger partial charge in [0.2, 0.25) is 5.91 Å². The molecule has 1 aliphatic heterocycles. The van der Waals surface area contributed by atoms with Gasteiger partial charge >= 0.3 is 0 Å². The zero-order valence-electron chi connectivity index (χ0n) is 11.9. The third-order valence-corrected chi connectivity index (χ3v) is 3.33. The number of amides is 1. The summed E-state index contributed by atoms with van der Waals surface area (Å²) in [4.78, 5) is 14.1. The van der Waals surface area contributed by atoms with Crippen molar-refractivity contribution >= 4 is 17.3 Å². The lowest BCUT2D eigenvalue weighted by Crippen LogP contribution is -2.54. The number of hydrogen-bond acceptors (Lipinski definition) is 5. The maximum Gasteiger partial charge on any atom is 0.245 e. The van der Waals surface area contributed by atoms with Crippen LogP contribution in [0.5, 0.6) is 5.75 Å². The van der Waals surface area contributed by atoms with Crippen molar-refractivity contribution in [3.05, 3.63) is 18.2 Å². The van der Waals surface area contributed by atoms with Crippen LogP contribution in [0.1, 0.15) is 6.92 Å². The number of ether oxygens (including phenoxy) is 2. The Kier molecular flexibility index (Phi) is 4.68. The Hall–Kier alpha value is -1.95. The Labute approximate surface area is 118 Å². The largest absolute Gasteiger partial charge is 0.497 e. The van der Waals surface area contributed by atoms with Gasteiger partial charge in [0.05, 0.1) is 31.7 Å². The second kappa shape index (κ2) is 6.47. The van der Waals surface area contributed by atoms with Crippen molar-refractivity contribution in [1.82, 2.24) is 5.32 Å². The quantitative estimate of drug-likeness (QED) is 0.790. The van der Waals surface area contributed by atoms with Crippen LogP contribution in [-0.4, -0.2) is 45.4 Å². The summed E-state index contributed by atoms with van der Waals surface area (Å²) in [6, 6.07) is 5.09. The maximum atomic E-state index is 12.1. The van der Waals surface area contributed by atoms with E-state index in [-0.39, 0.29) is 11.9 Å². The molecular weight excluding hydrogens is 258 g/mol. The van der Waals surface area contributed by atoms with E-state index < -0.39 is 0 Å². The molecule has 0 bridgehead atoms. The summed E-state index contributed by atoms with van der Waals surface area (Å²) in [6.07, 6.45) is 0. The van der Waals surface area contributed by atoms with Crippen LogP contribution in [0.4, 0.5) is 11.4 Å². The summed E-state index contributed by atoms with van der Waals surface area (Å²) < 4.78 is 10.7. The highest BCUT2D eigenvalue weighted by Crippen LogP contribution is 2.30. The number of hydrogen-bond donors (Lipinski definition) is 2. The molecule has 6 heteroatoms. The SMILES string of the molecule is CCNC(=O)C1COCCN1c1cc(OC)ccc1N. The van der Waals surface area contributed by atoms with E-state index in [4.69, 9.17) is 15.2 Å². The van der Waals surface area contributed by atoms with Crippen LogP contribution in [0.2, 0.25) is 0 Å². The fourth-order valence-corrected chi connectivity index (χ4v) is 2.30. The van der Waals surface area contributed by atoms with Crippen molar-refractivity contribution in [2.24, 2.45) is 0 Å². The first kappa shape index (κ1) is 14.5. The Morgan fingerprint density at radius 1 is 1.60 bits per heavy atom. The van der Waals surface area contributed by atoms with Crippen molar-refractivity contribution in [3.8, 4) is 5.75 Å². The van der Waals surface area contributed by atoms with E-state index in [0.29, 0.717) is 32.0 Å². The maximum absolute atomic E-state index is 12.1. The zero-order chi connectivity index (χ0) is 14.5. The van der Waals surface area contributed by atoms with E-state index in [1.807, 2.05) is 17.9 Å². The van der Waals surface area contributed by atoms with Crippen molar-refractivity contribution in [2.75, 3.05) is 44.0 Å². The lowest BCUT2D eigenvalue weighted by Gasteiger charge is -2.37. The molecule has 0 spiro atoms. The highest BCUT2D eigenvalue weighted by Gasteiger charge is 2.30. The number of anilines is 2. The average Bonchev–Trinajstić information content (AvgIpc) is 2.48. The van der Waals surface area contributed by atoms with Crippen LogP contribution in [0.3, 0.4) is 0 Å². The third kappa shape index (κ3) is 2.96. The van der Waals surface area contributed by atoms with Crippen LogP contribution >= 0.6 is 0 Å². The topological polar surface area (TPSA) is 76.8 Å². The van der Waals surface area contributed by atoms with E-state index in [1.54, 1.807) is 19.2 Å².